The second-order valence-electron chi connectivity index (χ2n) is 13.1. The van der Waals surface area contributed by atoms with E-state index in [2.05, 4.69) is 30.6 Å². The Morgan fingerprint density at radius 3 is 2.37 bits per heavy atom. The van der Waals surface area contributed by atoms with Crippen LogP contribution in [0.2, 0.25) is 5.02 Å². The van der Waals surface area contributed by atoms with Crippen molar-refractivity contribution in [1.82, 2.24) is 24.8 Å². The Kier molecular flexibility index (Phi) is 11.5. The summed E-state index contributed by atoms with van der Waals surface area (Å²) in [6.45, 7) is 1.19. The number of ether oxygens (including phenoxy) is 4. The standard InChI is InChI=1S/C39H35ClF2N8O8S/c1-55-24-11-9-23(10-12-24)30(51)15-16-32(52)49-18-20-50(21-19-49)37-46-36(47-38(48-37)56-2)45-29-22-25(59(3,53)54)13-14-28(29)44-33(34-27(40)7-5-17-43-34)26-6-4-8-31-35(26)58-39(41,42)57-31/h4-17,22,33,44H,18-21H2,1-3H3,(H,45,46,47,48)/b16-15+/t33-/m0/s1. The molecule has 0 spiro atoms. The lowest BCUT2D eigenvalue weighted by Crippen LogP contribution is -2.49. The molecule has 0 bridgehead atoms. The highest BCUT2D eigenvalue weighted by atomic mass is 35.5. The minimum atomic E-state index is -3.92. The number of alkyl halides is 2. The van der Waals surface area contributed by atoms with Crippen molar-refractivity contribution in [2.75, 3.05) is 62.2 Å². The number of carbonyl (C=O) groups is 2. The Bertz CT molecular complexity index is 2540. The summed E-state index contributed by atoms with van der Waals surface area (Å²) in [4.78, 5) is 46.7. The van der Waals surface area contributed by atoms with Gasteiger partial charge in [0.1, 0.15) is 5.75 Å². The molecule has 59 heavy (non-hydrogen) atoms. The van der Waals surface area contributed by atoms with Crippen LogP contribution in [0.4, 0.5) is 32.1 Å². The maximum atomic E-state index is 14.3. The first-order chi connectivity index (χ1) is 28.2. The van der Waals surface area contributed by atoms with Gasteiger partial charge in [-0.25, -0.2) is 8.42 Å². The number of nitrogens with one attached hydrogen (secondary N) is 2. The monoisotopic (exact) mass is 848 g/mol. The minimum absolute atomic E-state index is 0.0385. The zero-order chi connectivity index (χ0) is 41.9. The van der Waals surface area contributed by atoms with Crippen molar-refractivity contribution in [1.29, 1.82) is 0 Å². The van der Waals surface area contributed by atoms with Gasteiger partial charge >= 0.3 is 12.3 Å². The van der Waals surface area contributed by atoms with E-state index in [1.165, 1.54) is 62.9 Å². The van der Waals surface area contributed by atoms with E-state index < -0.39 is 22.2 Å². The molecule has 7 rings (SSSR count). The molecule has 5 aromatic rings. The fourth-order valence-electron chi connectivity index (χ4n) is 6.25. The topological polar surface area (TPSA) is 187 Å². The van der Waals surface area contributed by atoms with Crippen LogP contribution in [0, 0.1) is 0 Å². The third-order valence-corrected chi connectivity index (χ3v) is 10.6. The fraction of sp³-hybridized carbons (Fsp3) is 0.231. The van der Waals surface area contributed by atoms with Crippen molar-refractivity contribution in [3.63, 3.8) is 0 Å². The zero-order valence-electron chi connectivity index (χ0n) is 31.6. The van der Waals surface area contributed by atoms with Crippen LogP contribution in [-0.2, 0) is 14.6 Å². The van der Waals surface area contributed by atoms with E-state index in [-0.39, 0.29) is 86.7 Å². The summed E-state index contributed by atoms with van der Waals surface area (Å²) in [6.07, 6.45) is 1.07. The lowest BCUT2D eigenvalue weighted by Gasteiger charge is -2.34. The van der Waals surface area contributed by atoms with Gasteiger partial charge in [0.25, 0.3) is 0 Å². The van der Waals surface area contributed by atoms with Crippen LogP contribution >= 0.6 is 11.6 Å². The highest BCUT2D eigenvalue weighted by molar-refractivity contribution is 7.90. The predicted molar refractivity (Wildman–Crippen MR) is 212 cm³/mol. The molecule has 1 amide bonds. The lowest BCUT2D eigenvalue weighted by atomic mass is 10.0. The van der Waals surface area contributed by atoms with Gasteiger partial charge in [-0.2, -0.15) is 15.0 Å². The number of ketones is 1. The summed E-state index contributed by atoms with van der Waals surface area (Å²) in [5.74, 6) is -0.357. The predicted octanol–water partition coefficient (Wildman–Crippen LogP) is 5.70. The highest BCUT2D eigenvalue weighted by Gasteiger charge is 2.45. The first kappa shape index (κ1) is 40.6. The molecular weight excluding hydrogens is 814 g/mol. The molecular formula is C39H35ClF2N8O8S. The number of nitrogens with zero attached hydrogens (tertiary/aromatic N) is 6. The van der Waals surface area contributed by atoms with Crippen LogP contribution in [0.1, 0.15) is 27.7 Å². The molecule has 0 saturated carbocycles. The maximum Gasteiger partial charge on any atom is 0.586 e. The first-order valence-corrected chi connectivity index (χ1v) is 20.1. The van der Waals surface area contributed by atoms with Gasteiger partial charge in [0.05, 0.1) is 47.2 Å². The van der Waals surface area contributed by atoms with E-state index >= 15 is 0 Å². The molecule has 1 saturated heterocycles. The molecule has 0 radical (unpaired) electrons. The van der Waals surface area contributed by atoms with Gasteiger partial charge in [-0.15, -0.1) is 8.78 Å². The van der Waals surface area contributed by atoms with Crippen molar-refractivity contribution >= 4 is 56.4 Å². The SMILES string of the molecule is COc1ccc(C(=O)/C=C/C(=O)N2CCN(c3nc(Nc4cc(S(C)(=O)=O)ccc4N[C@@H](c4cccc5c4OC(F)(F)O5)c4ncccc4Cl)nc(OC)n3)CC2)cc1. The van der Waals surface area contributed by atoms with Crippen LogP contribution in [0.15, 0.2) is 96.0 Å². The van der Waals surface area contributed by atoms with Crippen molar-refractivity contribution in [3.8, 4) is 23.3 Å². The van der Waals surface area contributed by atoms with Gasteiger partial charge in [-0.1, -0.05) is 23.7 Å². The molecule has 1 fully saturated rings. The van der Waals surface area contributed by atoms with Gasteiger partial charge in [0.15, 0.2) is 27.1 Å². The van der Waals surface area contributed by atoms with E-state index in [9.17, 15) is 26.8 Å². The van der Waals surface area contributed by atoms with Crippen LogP contribution in [0.25, 0.3) is 0 Å². The lowest BCUT2D eigenvalue weighted by molar-refractivity contribution is -0.287. The van der Waals surface area contributed by atoms with Gasteiger partial charge in [-0.3, -0.25) is 14.6 Å². The number of hydrogen-bond acceptors (Lipinski definition) is 15. The molecule has 16 nitrogen and oxygen atoms in total. The van der Waals surface area contributed by atoms with E-state index in [4.69, 9.17) is 30.5 Å². The molecule has 0 aliphatic carbocycles. The zero-order valence-corrected chi connectivity index (χ0v) is 33.1. The molecule has 20 heteroatoms. The third-order valence-electron chi connectivity index (χ3n) is 9.21. The second kappa shape index (κ2) is 16.7. The Labute approximate surface area is 341 Å². The number of piperazine rings is 1. The Hall–Kier alpha value is -6.60. The van der Waals surface area contributed by atoms with Crippen molar-refractivity contribution < 1.29 is 45.7 Å². The Balaban J connectivity index is 1.14. The molecule has 306 valence electrons. The van der Waals surface area contributed by atoms with Crippen LogP contribution in [0.5, 0.6) is 23.3 Å². The number of methoxy groups -OCH3 is 2. The summed E-state index contributed by atoms with van der Waals surface area (Å²) >= 11 is 6.60. The molecule has 2 aromatic heterocycles. The van der Waals surface area contributed by atoms with Crippen molar-refractivity contribution in [2.45, 2.75) is 17.2 Å². The number of anilines is 4. The summed E-state index contributed by atoms with van der Waals surface area (Å²) < 4.78 is 74.3. The summed E-state index contributed by atoms with van der Waals surface area (Å²) in [6, 6.07) is 17.2. The maximum absolute atomic E-state index is 14.3. The fourth-order valence-corrected chi connectivity index (χ4v) is 7.12. The number of fused-ring (bicyclic) bond motifs is 1. The number of rotatable bonds is 13. The smallest absolute Gasteiger partial charge is 0.497 e. The van der Waals surface area contributed by atoms with Gasteiger partial charge in [0.2, 0.25) is 17.8 Å². The summed E-state index contributed by atoms with van der Waals surface area (Å²) in [5.41, 5.74) is 1.26. The van der Waals surface area contributed by atoms with E-state index in [1.807, 2.05) is 4.90 Å². The van der Waals surface area contributed by atoms with Crippen LogP contribution < -0.4 is 34.5 Å². The summed E-state index contributed by atoms with van der Waals surface area (Å²) in [5, 5.41) is 6.52. The van der Waals surface area contributed by atoms with E-state index in [0.717, 1.165) is 6.26 Å². The average Bonchev–Trinajstić information content (AvgIpc) is 3.56. The Morgan fingerprint density at radius 1 is 0.915 bits per heavy atom. The van der Waals surface area contributed by atoms with E-state index in [1.54, 1.807) is 47.4 Å². The van der Waals surface area contributed by atoms with Gasteiger partial charge in [0, 0.05) is 55.8 Å². The number of carbonyl (C=O) groups excluding carboxylic acids is 2. The average molecular weight is 849 g/mol. The number of pyridine rings is 1. The number of aromatic nitrogens is 4. The molecule has 0 unspecified atom stereocenters. The number of hydrogen-bond donors (Lipinski definition) is 2. The van der Waals surface area contributed by atoms with Crippen molar-refractivity contribution in [3.05, 3.63) is 113 Å². The minimum Gasteiger partial charge on any atom is -0.497 e. The molecule has 3 aromatic carbocycles. The van der Waals surface area contributed by atoms with Gasteiger partial charge in [-0.05, 0) is 66.7 Å². The molecule has 2 N–H and O–H groups in total. The first-order valence-electron chi connectivity index (χ1n) is 17.8. The molecule has 4 heterocycles. The summed E-state index contributed by atoms with van der Waals surface area (Å²) in [7, 11) is -0.847. The Morgan fingerprint density at radius 2 is 1.68 bits per heavy atom. The van der Waals surface area contributed by atoms with Gasteiger partial charge < -0.3 is 39.4 Å². The number of para-hydroxylation sites is 1. The highest BCUT2D eigenvalue weighted by Crippen LogP contribution is 2.48. The second-order valence-corrected chi connectivity index (χ2v) is 15.5. The van der Waals surface area contributed by atoms with Crippen molar-refractivity contribution in [2.24, 2.45) is 0 Å². The number of halogens is 3. The quantitative estimate of drug-likeness (QED) is 0.109. The normalized spacial score (nSPS) is 15.2. The molecule has 2 aliphatic rings. The largest absolute Gasteiger partial charge is 0.586 e. The number of allylic oxidation sites excluding steroid dienone is 1. The molecule has 1 atom stereocenters. The van der Waals surface area contributed by atoms with E-state index in [0.29, 0.717) is 24.4 Å². The molecule has 2 aliphatic heterocycles. The van der Waals surface area contributed by atoms with Crippen LogP contribution in [-0.4, -0.2) is 97.9 Å². The number of benzene rings is 3. The number of sulfone groups is 1. The third kappa shape index (κ3) is 9.26. The number of amides is 1. The van der Waals surface area contributed by atoms with Crippen LogP contribution in [0.3, 0.4) is 0 Å².